The fraction of sp³-hybridized carbons (Fsp3) is 0.238. The molecule has 7 nitrogen and oxygen atoms in total. The highest BCUT2D eigenvalue weighted by molar-refractivity contribution is 6.31. The van der Waals surface area contributed by atoms with Gasteiger partial charge in [0.1, 0.15) is 0 Å². The number of rotatable bonds is 5. The van der Waals surface area contributed by atoms with E-state index in [1.54, 1.807) is 56.3 Å². The number of halogens is 2. The van der Waals surface area contributed by atoms with Crippen LogP contribution in [0.2, 0.25) is 10.0 Å². The van der Waals surface area contributed by atoms with Crippen molar-refractivity contribution in [3.05, 3.63) is 90.2 Å². The molecule has 1 aromatic heterocycles. The lowest BCUT2D eigenvalue weighted by molar-refractivity contribution is 0.0933. The van der Waals surface area contributed by atoms with E-state index in [0.717, 1.165) is 14.8 Å². The average Bonchev–Trinajstić information content (AvgIpc) is 2.68. The van der Waals surface area contributed by atoms with Gasteiger partial charge < -0.3 is 5.32 Å². The maximum absolute atomic E-state index is 13.1. The summed E-state index contributed by atoms with van der Waals surface area (Å²) in [6, 6.07) is 11.6. The van der Waals surface area contributed by atoms with Gasteiger partial charge in [-0.05, 0) is 50.1 Å². The van der Waals surface area contributed by atoms with Crippen LogP contribution in [0.25, 0.3) is 5.69 Å². The predicted molar refractivity (Wildman–Crippen MR) is 117 cm³/mol. The van der Waals surface area contributed by atoms with Gasteiger partial charge in [0.2, 0.25) is 5.69 Å². The molecular weight excluding hydrogens is 427 g/mol. The molecule has 0 aliphatic rings. The number of carbonyl (C=O) groups excluding carboxylic acids is 1. The van der Waals surface area contributed by atoms with E-state index in [4.69, 9.17) is 23.2 Å². The summed E-state index contributed by atoms with van der Waals surface area (Å²) >= 11 is 12.4. The van der Waals surface area contributed by atoms with E-state index in [1.807, 2.05) is 6.92 Å². The van der Waals surface area contributed by atoms with Crippen LogP contribution in [0.4, 0.5) is 0 Å². The molecule has 156 valence electrons. The van der Waals surface area contributed by atoms with E-state index in [2.05, 4.69) is 10.4 Å². The molecule has 0 bridgehead atoms. The van der Waals surface area contributed by atoms with E-state index < -0.39 is 22.9 Å². The molecule has 3 rings (SSSR count). The molecule has 0 atom stereocenters. The Kier molecular flexibility index (Phi) is 6.43. The Balaban J connectivity index is 2.25. The number of amides is 1. The molecular formula is C21H20Cl2N4O3. The molecule has 1 heterocycles. The third-order valence-corrected chi connectivity index (χ3v) is 5.16. The lowest BCUT2D eigenvalue weighted by atomic mass is 10.2. The summed E-state index contributed by atoms with van der Waals surface area (Å²) in [4.78, 5) is 38.7. The molecule has 0 aliphatic carbocycles. The van der Waals surface area contributed by atoms with Crippen molar-refractivity contribution < 1.29 is 4.79 Å². The highest BCUT2D eigenvalue weighted by atomic mass is 35.5. The summed E-state index contributed by atoms with van der Waals surface area (Å²) in [5.41, 5.74) is -0.188. The van der Waals surface area contributed by atoms with Crippen LogP contribution >= 0.6 is 23.2 Å². The molecule has 0 spiro atoms. The Bertz CT molecular complexity index is 1230. The van der Waals surface area contributed by atoms with Gasteiger partial charge in [0.15, 0.2) is 0 Å². The molecule has 0 aliphatic heterocycles. The highest BCUT2D eigenvalue weighted by Crippen LogP contribution is 2.18. The number of aryl methyl sites for hydroxylation is 1. The van der Waals surface area contributed by atoms with Crippen LogP contribution in [-0.2, 0) is 6.54 Å². The molecule has 0 radical (unpaired) electrons. The Morgan fingerprint density at radius 2 is 1.80 bits per heavy atom. The van der Waals surface area contributed by atoms with E-state index in [1.165, 1.54) is 0 Å². The van der Waals surface area contributed by atoms with Crippen molar-refractivity contribution in [2.24, 2.45) is 0 Å². The maximum atomic E-state index is 13.1. The van der Waals surface area contributed by atoms with Gasteiger partial charge in [-0.1, -0.05) is 47.5 Å². The van der Waals surface area contributed by atoms with Gasteiger partial charge in [0.25, 0.3) is 11.5 Å². The maximum Gasteiger partial charge on any atom is 0.352 e. The van der Waals surface area contributed by atoms with Crippen LogP contribution in [0.15, 0.2) is 52.1 Å². The number of aromatic nitrogens is 3. The van der Waals surface area contributed by atoms with Gasteiger partial charge in [0, 0.05) is 16.1 Å². The first-order valence-corrected chi connectivity index (χ1v) is 9.99. The van der Waals surface area contributed by atoms with Crippen LogP contribution in [0.3, 0.4) is 0 Å². The second kappa shape index (κ2) is 8.85. The lowest BCUT2D eigenvalue weighted by Crippen LogP contribution is -2.46. The van der Waals surface area contributed by atoms with Crippen molar-refractivity contribution in [2.45, 2.75) is 33.4 Å². The minimum atomic E-state index is -0.799. The van der Waals surface area contributed by atoms with Gasteiger partial charge >= 0.3 is 5.69 Å². The first-order valence-electron chi connectivity index (χ1n) is 9.24. The largest absolute Gasteiger partial charge is 0.352 e. The monoisotopic (exact) mass is 446 g/mol. The molecule has 0 saturated carbocycles. The van der Waals surface area contributed by atoms with Crippen molar-refractivity contribution in [1.82, 2.24) is 19.7 Å². The zero-order valence-electron chi connectivity index (χ0n) is 16.6. The highest BCUT2D eigenvalue weighted by Gasteiger charge is 2.21. The number of nitrogens with one attached hydrogen (secondary N) is 1. The molecule has 3 aromatic rings. The first kappa shape index (κ1) is 21.8. The Morgan fingerprint density at radius 1 is 1.10 bits per heavy atom. The summed E-state index contributed by atoms with van der Waals surface area (Å²) in [6.45, 7) is 5.23. The van der Waals surface area contributed by atoms with Gasteiger partial charge in [0.05, 0.1) is 12.2 Å². The van der Waals surface area contributed by atoms with E-state index in [9.17, 15) is 14.4 Å². The van der Waals surface area contributed by atoms with Crippen LogP contribution in [-0.4, -0.2) is 26.3 Å². The average molecular weight is 447 g/mol. The van der Waals surface area contributed by atoms with E-state index in [-0.39, 0.29) is 12.6 Å². The summed E-state index contributed by atoms with van der Waals surface area (Å²) < 4.78 is 1.94. The van der Waals surface area contributed by atoms with Crippen molar-refractivity contribution in [1.29, 1.82) is 0 Å². The zero-order valence-corrected chi connectivity index (χ0v) is 18.2. The molecule has 0 unspecified atom stereocenters. The smallest absolute Gasteiger partial charge is 0.348 e. The van der Waals surface area contributed by atoms with E-state index in [0.29, 0.717) is 21.3 Å². The minimum absolute atomic E-state index is 0.110. The summed E-state index contributed by atoms with van der Waals surface area (Å²) in [7, 11) is 0. The van der Waals surface area contributed by atoms with Gasteiger partial charge in [-0.15, -0.1) is 0 Å². The second-order valence-electron chi connectivity index (χ2n) is 7.09. The molecule has 0 fully saturated rings. The van der Waals surface area contributed by atoms with Crippen LogP contribution < -0.4 is 16.6 Å². The standard InChI is InChI=1S/C21H20Cl2N4O3/c1-12(2)24-19(28)18-20(29)26(11-14-6-4-5-7-16(14)22)21(30)27(25-18)15-9-8-13(3)17(23)10-15/h4-10,12H,11H2,1-3H3,(H,24,28). The Morgan fingerprint density at radius 3 is 2.43 bits per heavy atom. The molecule has 30 heavy (non-hydrogen) atoms. The van der Waals surface area contributed by atoms with Gasteiger partial charge in [-0.25, -0.2) is 4.79 Å². The summed E-state index contributed by atoms with van der Waals surface area (Å²) in [6.07, 6.45) is 0. The summed E-state index contributed by atoms with van der Waals surface area (Å²) in [5, 5.41) is 7.53. The number of hydrogen-bond donors (Lipinski definition) is 1. The molecule has 9 heteroatoms. The zero-order chi connectivity index (χ0) is 22.0. The fourth-order valence-electron chi connectivity index (χ4n) is 2.81. The SMILES string of the molecule is Cc1ccc(-n2nc(C(=O)NC(C)C)c(=O)n(Cc3ccccc3Cl)c2=O)cc1Cl. The lowest BCUT2D eigenvalue weighted by Gasteiger charge is -2.14. The van der Waals surface area contributed by atoms with E-state index >= 15 is 0 Å². The first-order chi connectivity index (χ1) is 14.2. The predicted octanol–water partition coefficient (Wildman–Crippen LogP) is 3.20. The Labute approximate surface area is 182 Å². The third kappa shape index (κ3) is 4.47. The number of nitrogens with zero attached hydrogens (tertiary/aromatic N) is 3. The van der Waals surface area contributed by atoms with Crippen molar-refractivity contribution in [2.75, 3.05) is 0 Å². The number of benzene rings is 2. The topological polar surface area (TPSA) is 86.0 Å². The molecule has 2 aromatic carbocycles. The molecule has 0 saturated heterocycles. The second-order valence-corrected chi connectivity index (χ2v) is 7.90. The normalized spacial score (nSPS) is 11.0. The van der Waals surface area contributed by atoms with Crippen molar-refractivity contribution in [3.63, 3.8) is 0 Å². The minimum Gasteiger partial charge on any atom is -0.348 e. The fourth-order valence-corrected chi connectivity index (χ4v) is 3.18. The number of hydrogen-bond acceptors (Lipinski definition) is 4. The Hall–Kier alpha value is -2.90. The van der Waals surface area contributed by atoms with Crippen LogP contribution in [0.1, 0.15) is 35.5 Å². The van der Waals surface area contributed by atoms with Crippen molar-refractivity contribution >= 4 is 29.1 Å². The third-order valence-electron chi connectivity index (χ3n) is 4.38. The molecule has 1 amide bonds. The number of carbonyl (C=O) groups is 1. The van der Waals surface area contributed by atoms with Gasteiger partial charge in [-0.3, -0.25) is 14.2 Å². The van der Waals surface area contributed by atoms with Gasteiger partial charge in [-0.2, -0.15) is 9.78 Å². The van der Waals surface area contributed by atoms with Crippen molar-refractivity contribution in [3.8, 4) is 5.69 Å². The van der Waals surface area contributed by atoms with Crippen LogP contribution in [0.5, 0.6) is 0 Å². The quantitative estimate of drug-likeness (QED) is 0.651. The summed E-state index contributed by atoms with van der Waals surface area (Å²) in [5.74, 6) is -0.671. The van der Waals surface area contributed by atoms with Crippen LogP contribution in [0, 0.1) is 6.92 Å². The molecule has 1 N–H and O–H groups in total.